The van der Waals surface area contributed by atoms with Crippen LogP contribution in [0, 0.1) is 5.92 Å². The minimum absolute atomic E-state index is 0.145. The number of carbonyl (C=O) groups is 1. The van der Waals surface area contributed by atoms with Crippen LogP contribution in [-0.4, -0.2) is 38.4 Å². The predicted octanol–water partition coefficient (Wildman–Crippen LogP) is 3.27. The van der Waals surface area contributed by atoms with Gasteiger partial charge in [0.15, 0.2) is 5.65 Å². The molecule has 2 aromatic heterocycles. The van der Waals surface area contributed by atoms with Gasteiger partial charge in [0, 0.05) is 18.3 Å². The summed E-state index contributed by atoms with van der Waals surface area (Å²) in [5.74, 6) is 0.254. The van der Waals surface area contributed by atoms with Crippen molar-refractivity contribution in [1.29, 1.82) is 0 Å². The van der Waals surface area contributed by atoms with Crippen molar-refractivity contribution in [3.05, 3.63) is 23.5 Å². The van der Waals surface area contributed by atoms with Gasteiger partial charge >= 0.3 is 0 Å². The zero-order valence-electron chi connectivity index (χ0n) is 16.1. The molecule has 25 heavy (non-hydrogen) atoms. The fourth-order valence-electron chi connectivity index (χ4n) is 2.66. The van der Waals surface area contributed by atoms with Crippen molar-refractivity contribution in [3.8, 4) is 0 Å². The lowest BCUT2D eigenvalue weighted by Crippen LogP contribution is -2.29. The largest absolute Gasteiger partial charge is 0.393 e. The number of nitrogens with one attached hydrogen (secondary N) is 1. The van der Waals surface area contributed by atoms with E-state index in [1.54, 1.807) is 6.20 Å². The smallest absolute Gasteiger partial charge is 0.252 e. The van der Waals surface area contributed by atoms with Gasteiger partial charge in [-0.25, -0.2) is 9.67 Å². The second-order valence-electron chi connectivity index (χ2n) is 7.53. The standard InChI is InChI=1S/C19H30N4O2/c1-11(2)16-9-14(19(25)20-8-7-17(24)12(3)4)15-10-21-23(13(5)6)18(15)22-16/h9-13,17,24H,7-8H2,1-6H3,(H,20,25). The van der Waals surface area contributed by atoms with E-state index >= 15 is 0 Å². The van der Waals surface area contributed by atoms with E-state index in [4.69, 9.17) is 4.98 Å². The fourth-order valence-corrected chi connectivity index (χ4v) is 2.66. The van der Waals surface area contributed by atoms with Gasteiger partial charge in [0.25, 0.3) is 5.91 Å². The molecule has 0 radical (unpaired) electrons. The van der Waals surface area contributed by atoms with E-state index < -0.39 is 6.10 Å². The van der Waals surface area contributed by atoms with Crippen molar-refractivity contribution in [1.82, 2.24) is 20.1 Å². The third-order valence-corrected chi connectivity index (χ3v) is 4.41. The van der Waals surface area contributed by atoms with Crippen LogP contribution < -0.4 is 5.32 Å². The maximum atomic E-state index is 12.7. The van der Waals surface area contributed by atoms with Crippen LogP contribution in [0.25, 0.3) is 11.0 Å². The number of aromatic nitrogens is 3. The normalized spacial score (nSPS) is 13.2. The van der Waals surface area contributed by atoms with E-state index in [1.165, 1.54) is 0 Å². The second-order valence-corrected chi connectivity index (χ2v) is 7.53. The average molecular weight is 346 g/mol. The molecule has 2 aromatic rings. The number of aliphatic hydroxyl groups is 1. The molecule has 1 amide bonds. The summed E-state index contributed by atoms with van der Waals surface area (Å²) in [6, 6.07) is 2.03. The lowest BCUT2D eigenvalue weighted by atomic mass is 10.0. The molecule has 0 aliphatic carbocycles. The highest BCUT2D eigenvalue weighted by atomic mass is 16.3. The maximum Gasteiger partial charge on any atom is 0.252 e. The first-order valence-corrected chi connectivity index (χ1v) is 9.06. The average Bonchev–Trinajstić information content (AvgIpc) is 2.97. The number of amides is 1. The van der Waals surface area contributed by atoms with Crippen LogP contribution in [0.3, 0.4) is 0 Å². The van der Waals surface area contributed by atoms with E-state index in [0.29, 0.717) is 18.5 Å². The van der Waals surface area contributed by atoms with Crippen LogP contribution in [0.15, 0.2) is 12.3 Å². The van der Waals surface area contributed by atoms with E-state index in [0.717, 1.165) is 16.7 Å². The second kappa shape index (κ2) is 7.95. The molecule has 0 bridgehead atoms. The fraction of sp³-hybridized carbons (Fsp3) is 0.632. The van der Waals surface area contributed by atoms with Crippen molar-refractivity contribution in [2.45, 2.75) is 66.0 Å². The van der Waals surface area contributed by atoms with Gasteiger partial charge in [0.2, 0.25) is 0 Å². The zero-order chi connectivity index (χ0) is 18.7. The first kappa shape index (κ1) is 19.4. The molecule has 0 aliphatic rings. The Labute approximate surface area is 149 Å². The Balaban J connectivity index is 2.31. The molecule has 0 saturated carbocycles. The summed E-state index contributed by atoms with van der Waals surface area (Å²) in [7, 11) is 0. The number of rotatable bonds is 7. The minimum atomic E-state index is -0.410. The molecule has 6 heteroatoms. The van der Waals surface area contributed by atoms with E-state index in [1.807, 2.05) is 38.4 Å². The quantitative estimate of drug-likeness (QED) is 0.806. The highest BCUT2D eigenvalue weighted by Gasteiger charge is 2.19. The molecule has 2 heterocycles. The molecule has 0 saturated heterocycles. The van der Waals surface area contributed by atoms with Gasteiger partial charge in [-0.05, 0) is 38.2 Å². The Bertz CT molecular complexity index is 734. The van der Waals surface area contributed by atoms with Crippen molar-refractivity contribution in [2.24, 2.45) is 5.92 Å². The summed E-state index contributed by atoms with van der Waals surface area (Å²) in [5.41, 5.74) is 2.22. The van der Waals surface area contributed by atoms with Gasteiger partial charge in [0.1, 0.15) is 0 Å². The molecule has 0 fully saturated rings. The third kappa shape index (κ3) is 4.37. The molecule has 0 aromatic carbocycles. The first-order chi connectivity index (χ1) is 11.7. The Morgan fingerprint density at radius 3 is 2.48 bits per heavy atom. The molecule has 2 N–H and O–H groups in total. The molecule has 2 rings (SSSR count). The van der Waals surface area contributed by atoms with Crippen molar-refractivity contribution < 1.29 is 9.90 Å². The summed E-state index contributed by atoms with van der Waals surface area (Å²) in [6.07, 6.45) is 1.84. The van der Waals surface area contributed by atoms with Gasteiger partial charge < -0.3 is 10.4 Å². The Kier molecular flexibility index (Phi) is 6.16. The van der Waals surface area contributed by atoms with Crippen molar-refractivity contribution in [2.75, 3.05) is 6.54 Å². The van der Waals surface area contributed by atoms with E-state index in [2.05, 4.69) is 24.3 Å². The number of carbonyl (C=O) groups excluding carboxylic acids is 1. The third-order valence-electron chi connectivity index (χ3n) is 4.41. The summed E-state index contributed by atoms with van der Waals surface area (Å²) >= 11 is 0. The molecular weight excluding hydrogens is 316 g/mol. The molecule has 0 spiro atoms. The predicted molar refractivity (Wildman–Crippen MR) is 99.8 cm³/mol. The van der Waals surface area contributed by atoms with Gasteiger partial charge in [-0.3, -0.25) is 4.79 Å². The lowest BCUT2D eigenvalue weighted by Gasteiger charge is -2.15. The molecule has 0 aliphatic heterocycles. The van der Waals surface area contributed by atoms with Crippen LogP contribution in [0.5, 0.6) is 0 Å². The van der Waals surface area contributed by atoms with E-state index in [9.17, 15) is 9.90 Å². The number of pyridine rings is 1. The highest BCUT2D eigenvalue weighted by molar-refractivity contribution is 6.05. The van der Waals surface area contributed by atoms with Crippen LogP contribution in [-0.2, 0) is 0 Å². The van der Waals surface area contributed by atoms with Gasteiger partial charge in [-0.1, -0.05) is 27.7 Å². The molecule has 1 unspecified atom stereocenters. The Morgan fingerprint density at radius 1 is 1.24 bits per heavy atom. The molecule has 6 nitrogen and oxygen atoms in total. The molecule has 1 atom stereocenters. The highest BCUT2D eigenvalue weighted by Crippen LogP contribution is 2.24. The van der Waals surface area contributed by atoms with Crippen LogP contribution >= 0.6 is 0 Å². The van der Waals surface area contributed by atoms with Crippen LogP contribution in [0.1, 0.15) is 76.0 Å². The number of fused-ring (bicyclic) bond motifs is 1. The van der Waals surface area contributed by atoms with Crippen LogP contribution in [0.2, 0.25) is 0 Å². The first-order valence-electron chi connectivity index (χ1n) is 9.06. The molecular formula is C19H30N4O2. The van der Waals surface area contributed by atoms with Gasteiger partial charge in [-0.2, -0.15) is 5.10 Å². The topological polar surface area (TPSA) is 80.0 Å². The monoisotopic (exact) mass is 346 g/mol. The number of aliphatic hydroxyl groups excluding tert-OH is 1. The van der Waals surface area contributed by atoms with Gasteiger partial charge in [0.05, 0.1) is 23.3 Å². The summed E-state index contributed by atoms with van der Waals surface area (Å²) in [5, 5.41) is 18.0. The van der Waals surface area contributed by atoms with Crippen molar-refractivity contribution >= 4 is 16.9 Å². The van der Waals surface area contributed by atoms with E-state index in [-0.39, 0.29) is 23.8 Å². The Hall–Kier alpha value is -1.95. The molecule has 138 valence electrons. The summed E-state index contributed by atoms with van der Waals surface area (Å²) < 4.78 is 1.85. The van der Waals surface area contributed by atoms with Gasteiger partial charge in [-0.15, -0.1) is 0 Å². The SMILES string of the molecule is CC(C)c1cc(C(=O)NCCC(O)C(C)C)c2cnn(C(C)C)c2n1. The zero-order valence-corrected chi connectivity index (χ0v) is 16.1. The summed E-state index contributed by atoms with van der Waals surface area (Å²) in [4.78, 5) is 17.4. The minimum Gasteiger partial charge on any atom is -0.393 e. The number of hydrogen-bond acceptors (Lipinski definition) is 4. The number of nitrogens with zero attached hydrogens (tertiary/aromatic N) is 3. The van der Waals surface area contributed by atoms with Crippen LogP contribution in [0.4, 0.5) is 0 Å². The number of hydrogen-bond donors (Lipinski definition) is 2. The van der Waals surface area contributed by atoms with Crippen molar-refractivity contribution in [3.63, 3.8) is 0 Å². The lowest BCUT2D eigenvalue weighted by molar-refractivity contribution is 0.0921. The maximum absolute atomic E-state index is 12.7. The summed E-state index contributed by atoms with van der Waals surface area (Å²) in [6.45, 7) is 12.6. The Morgan fingerprint density at radius 2 is 1.92 bits per heavy atom.